The lowest BCUT2D eigenvalue weighted by atomic mass is 10.1. The predicted molar refractivity (Wildman–Crippen MR) is 80.3 cm³/mol. The number of hydrogen-bond acceptors (Lipinski definition) is 3. The molecule has 2 amide bonds. The average Bonchev–Trinajstić information content (AvgIpc) is 2.45. The van der Waals surface area contributed by atoms with Gasteiger partial charge in [0.05, 0.1) is 6.61 Å². The molecule has 0 heterocycles. The zero-order chi connectivity index (χ0) is 15.7. The summed E-state index contributed by atoms with van der Waals surface area (Å²) in [7, 11) is 0. The van der Waals surface area contributed by atoms with E-state index in [1.807, 2.05) is 31.2 Å². The van der Waals surface area contributed by atoms with Crippen molar-refractivity contribution >= 4 is 11.8 Å². The van der Waals surface area contributed by atoms with Gasteiger partial charge in [-0.25, -0.2) is 0 Å². The lowest BCUT2D eigenvalue weighted by Gasteiger charge is -2.17. The maximum absolute atomic E-state index is 12.1. The largest absolute Gasteiger partial charge is 0.366 e. The number of carbonyl (C=O) groups is 2. The minimum Gasteiger partial charge on any atom is -0.366 e. The molecule has 0 saturated carbocycles. The monoisotopic (exact) mass is 288 g/mol. The van der Waals surface area contributed by atoms with Crippen molar-refractivity contribution in [2.24, 2.45) is 0 Å². The highest BCUT2D eigenvalue weighted by Gasteiger charge is 2.19. The zero-order valence-corrected chi connectivity index (χ0v) is 12.3. The molecule has 0 aliphatic carbocycles. The molecule has 0 spiro atoms. The summed E-state index contributed by atoms with van der Waals surface area (Å²) < 4.78 is 5.12. The summed E-state index contributed by atoms with van der Waals surface area (Å²) >= 11 is 0. The summed E-state index contributed by atoms with van der Waals surface area (Å²) in [5.41, 5.74) is 2.14. The third-order valence-electron chi connectivity index (χ3n) is 2.75. The van der Waals surface area contributed by atoms with Crippen LogP contribution in [0.2, 0.25) is 0 Å². The van der Waals surface area contributed by atoms with E-state index in [9.17, 15) is 9.59 Å². The first-order chi connectivity index (χ1) is 10.0. The molecular weight excluding hydrogens is 268 g/mol. The Kier molecular flexibility index (Phi) is 6.99. The van der Waals surface area contributed by atoms with E-state index in [-0.39, 0.29) is 25.0 Å². The molecule has 21 heavy (non-hydrogen) atoms. The normalized spacial score (nSPS) is 11.3. The van der Waals surface area contributed by atoms with E-state index < -0.39 is 6.04 Å². The third-order valence-corrected chi connectivity index (χ3v) is 2.75. The number of rotatable bonds is 7. The standard InChI is InChI=1S/C16H20N2O3/c1-4-9-21-11-15(18-13(3)19)16(20)17-10-14-7-5-12(2)6-8-14/h1,5-8,15H,9-11H2,2-3H3,(H,17,20)(H,18,19). The van der Waals surface area contributed by atoms with Gasteiger partial charge in [0, 0.05) is 13.5 Å². The SMILES string of the molecule is C#CCOCC(NC(C)=O)C(=O)NCc1ccc(C)cc1. The number of terminal acetylenes is 1. The number of aryl methyl sites for hydroxylation is 1. The first kappa shape index (κ1) is 16.7. The number of nitrogens with one attached hydrogen (secondary N) is 2. The van der Waals surface area contributed by atoms with E-state index in [1.165, 1.54) is 6.92 Å². The minimum atomic E-state index is -0.749. The number of hydrogen-bond donors (Lipinski definition) is 2. The Labute approximate surface area is 125 Å². The third kappa shape index (κ3) is 6.59. The topological polar surface area (TPSA) is 67.4 Å². The Morgan fingerprint density at radius 3 is 2.57 bits per heavy atom. The summed E-state index contributed by atoms with van der Waals surface area (Å²) in [6, 6.07) is 7.09. The minimum absolute atomic E-state index is 0.0451. The zero-order valence-electron chi connectivity index (χ0n) is 12.3. The van der Waals surface area contributed by atoms with E-state index in [2.05, 4.69) is 16.6 Å². The van der Waals surface area contributed by atoms with Crippen molar-refractivity contribution < 1.29 is 14.3 Å². The molecule has 0 fully saturated rings. The Hall–Kier alpha value is -2.32. The quantitative estimate of drug-likeness (QED) is 0.575. The number of ether oxygens (including phenoxy) is 1. The van der Waals surface area contributed by atoms with Crippen LogP contribution >= 0.6 is 0 Å². The van der Waals surface area contributed by atoms with Gasteiger partial charge in [-0.05, 0) is 12.5 Å². The van der Waals surface area contributed by atoms with Gasteiger partial charge in [0.15, 0.2) is 0 Å². The molecule has 1 unspecified atom stereocenters. The van der Waals surface area contributed by atoms with Crippen LogP contribution < -0.4 is 10.6 Å². The second-order valence-electron chi connectivity index (χ2n) is 4.68. The van der Waals surface area contributed by atoms with Crippen LogP contribution in [0.25, 0.3) is 0 Å². The second kappa shape index (κ2) is 8.77. The highest BCUT2D eigenvalue weighted by atomic mass is 16.5. The molecule has 0 aromatic heterocycles. The molecule has 1 rings (SSSR count). The lowest BCUT2D eigenvalue weighted by Crippen LogP contribution is -2.48. The van der Waals surface area contributed by atoms with Crippen LogP contribution in [0.3, 0.4) is 0 Å². The van der Waals surface area contributed by atoms with Gasteiger partial charge in [0.25, 0.3) is 0 Å². The Morgan fingerprint density at radius 1 is 1.33 bits per heavy atom. The second-order valence-corrected chi connectivity index (χ2v) is 4.68. The van der Waals surface area contributed by atoms with Gasteiger partial charge >= 0.3 is 0 Å². The molecule has 1 atom stereocenters. The van der Waals surface area contributed by atoms with Crippen LogP contribution in [0, 0.1) is 19.3 Å². The molecule has 112 valence electrons. The van der Waals surface area contributed by atoms with Gasteiger partial charge in [-0.3, -0.25) is 9.59 Å². The molecule has 0 radical (unpaired) electrons. The Morgan fingerprint density at radius 2 is 2.00 bits per heavy atom. The Balaban J connectivity index is 2.52. The van der Waals surface area contributed by atoms with Gasteiger partial charge < -0.3 is 15.4 Å². The van der Waals surface area contributed by atoms with E-state index >= 15 is 0 Å². The van der Waals surface area contributed by atoms with Crippen LogP contribution in [-0.2, 0) is 20.9 Å². The molecule has 2 N–H and O–H groups in total. The van der Waals surface area contributed by atoms with Crippen molar-refractivity contribution in [3.63, 3.8) is 0 Å². The highest BCUT2D eigenvalue weighted by Crippen LogP contribution is 2.02. The van der Waals surface area contributed by atoms with E-state index in [4.69, 9.17) is 11.2 Å². The fraction of sp³-hybridized carbons (Fsp3) is 0.375. The van der Waals surface area contributed by atoms with Crippen molar-refractivity contribution in [1.29, 1.82) is 0 Å². The molecule has 0 saturated heterocycles. The molecule has 1 aromatic carbocycles. The van der Waals surface area contributed by atoms with Crippen molar-refractivity contribution in [1.82, 2.24) is 10.6 Å². The molecule has 0 aliphatic heterocycles. The van der Waals surface area contributed by atoms with Gasteiger partial charge in [0.2, 0.25) is 11.8 Å². The summed E-state index contributed by atoms with van der Waals surface area (Å²) in [6.45, 7) is 3.88. The van der Waals surface area contributed by atoms with Crippen LogP contribution in [0.15, 0.2) is 24.3 Å². The maximum Gasteiger partial charge on any atom is 0.245 e. The van der Waals surface area contributed by atoms with Gasteiger partial charge in [-0.1, -0.05) is 35.7 Å². The molecular formula is C16H20N2O3. The van der Waals surface area contributed by atoms with Crippen molar-refractivity contribution in [3.8, 4) is 12.3 Å². The van der Waals surface area contributed by atoms with Crippen LogP contribution in [-0.4, -0.2) is 31.1 Å². The fourth-order valence-corrected chi connectivity index (χ4v) is 1.68. The summed E-state index contributed by atoms with van der Waals surface area (Å²) in [5.74, 6) is 1.71. The maximum atomic E-state index is 12.1. The Bertz CT molecular complexity index is 517. The highest BCUT2D eigenvalue weighted by molar-refractivity contribution is 5.86. The van der Waals surface area contributed by atoms with Gasteiger partial charge in [0.1, 0.15) is 12.6 Å². The first-order valence-electron chi connectivity index (χ1n) is 6.64. The van der Waals surface area contributed by atoms with E-state index in [0.29, 0.717) is 6.54 Å². The van der Waals surface area contributed by atoms with E-state index in [1.54, 1.807) is 0 Å². The molecule has 5 nitrogen and oxygen atoms in total. The van der Waals surface area contributed by atoms with Crippen molar-refractivity contribution in [2.45, 2.75) is 26.4 Å². The predicted octanol–water partition coefficient (Wildman–Crippen LogP) is 0.766. The van der Waals surface area contributed by atoms with Crippen LogP contribution in [0.5, 0.6) is 0 Å². The summed E-state index contributed by atoms with van der Waals surface area (Å²) in [4.78, 5) is 23.2. The lowest BCUT2D eigenvalue weighted by molar-refractivity contribution is -0.129. The van der Waals surface area contributed by atoms with Crippen molar-refractivity contribution in [2.75, 3.05) is 13.2 Å². The number of amides is 2. The fourth-order valence-electron chi connectivity index (χ4n) is 1.68. The summed E-state index contributed by atoms with van der Waals surface area (Å²) in [5, 5.41) is 5.30. The van der Waals surface area contributed by atoms with Crippen LogP contribution in [0.1, 0.15) is 18.1 Å². The van der Waals surface area contributed by atoms with E-state index in [0.717, 1.165) is 11.1 Å². The average molecular weight is 288 g/mol. The smallest absolute Gasteiger partial charge is 0.245 e. The van der Waals surface area contributed by atoms with Crippen molar-refractivity contribution in [3.05, 3.63) is 35.4 Å². The van der Waals surface area contributed by atoms with Gasteiger partial charge in [-0.15, -0.1) is 6.42 Å². The molecule has 5 heteroatoms. The molecule has 0 aliphatic rings. The van der Waals surface area contributed by atoms with Crippen LogP contribution in [0.4, 0.5) is 0 Å². The molecule has 0 bridgehead atoms. The summed E-state index contributed by atoms with van der Waals surface area (Å²) in [6.07, 6.45) is 5.08. The molecule has 1 aromatic rings. The number of carbonyl (C=O) groups excluding carboxylic acids is 2. The van der Waals surface area contributed by atoms with Gasteiger partial charge in [-0.2, -0.15) is 0 Å². The first-order valence-corrected chi connectivity index (χ1v) is 6.64. The number of benzene rings is 1.